The van der Waals surface area contributed by atoms with Crippen LogP contribution >= 0.6 is 24.0 Å². The van der Waals surface area contributed by atoms with E-state index in [0.29, 0.717) is 13.1 Å². The van der Waals surface area contributed by atoms with E-state index in [-0.39, 0.29) is 29.7 Å². The van der Waals surface area contributed by atoms with Crippen molar-refractivity contribution < 1.29 is 8.42 Å². The normalized spacial score (nSPS) is 19.5. The third-order valence-corrected chi connectivity index (χ3v) is 7.03. The van der Waals surface area contributed by atoms with Crippen LogP contribution in [0.15, 0.2) is 29.3 Å². The van der Waals surface area contributed by atoms with Crippen LogP contribution in [0.4, 0.5) is 0 Å². The number of aryl methyl sites for hydroxylation is 1. The van der Waals surface area contributed by atoms with Gasteiger partial charge < -0.3 is 10.2 Å². The van der Waals surface area contributed by atoms with Crippen molar-refractivity contribution in [3.8, 4) is 0 Å². The molecule has 0 saturated carbocycles. The highest BCUT2D eigenvalue weighted by Crippen LogP contribution is 2.23. The maximum absolute atomic E-state index is 12.1. The number of halogens is 1. The van der Waals surface area contributed by atoms with E-state index in [1.807, 2.05) is 11.0 Å². The first-order valence-electron chi connectivity index (χ1n) is 7.99. The number of sulfone groups is 1. The molecule has 1 fully saturated rings. The van der Waals surface area contributed by atoms with Crippen molar-refractivity contribution in [2.45, 2.75) is 31.9 Å². The first-order chi connectivity index (χ1) is 10.8. The number of rotatable bonds is 3. The SMILES string of the molecule is CN=C(NCCc1ccccc1C)N1CCS(=O)(=O)C(C)(C)C1.I. The Hall–Kier alpha value is -0.830. The maximum atomic E-state index is 12.1. The zero-order chi connectivity index (χ0) is 17.1. The first kappa shape index (κ1) is 21.2. The minimum absolute atomic E-state index is 0. The van der Waals surface area contributed by atoms with Crippen LogP contribution in [0.2, 0.25) is 0 Å². The molecule has 0 bridgehead atoms. The molecule has 1 aliphatic rings. The predicted molar refractivity (Wildman–Crippen MR) is 111 cm³/mol. The molecule has 0 atom stereocenters. The minimum Gasteiger partial charge on any atom is -0.356 e. The number of guanidine groups is 1. The van der Waals surface area contributed by atoms with Gasteiger partial charge in [0.05, 0.1) is 10.5 Å². The standard InChI is InChI=1S/C17H27N3O2S.HI/c1-14-7-5-6-8-15(14)9-10-19-16(18-4)20-11-12-23(21,22)17(2,3)13-20;/h5-8H,9-13H2,1-4H3,(H,18,19);1H. The first-order valence-corrected chi connectivity index (χ1v) is 9.64. The van der Waals surface area contributed by atoms with Crippen LogP contribution in [0.3, 0.4) is 0 Å². The van der Waals surface area contributed by atoms with Gasteiger partial charge in [-0.05, 0) is 38.3 Å². The largest absolute Gasteiger partial charge is 0.356 e. The average Bonchev–Trinajstić information content (AvgIpc) is 2.48. The molecule has 7 heteroatoms. The van der Waals surface area contributed by atoms with Gasteiger partial charge in [0.15, 0.2) is 15.8 Å². The second-order valence-electron chi connectivity index (χ2n) is 6.65. The Kier molecular flexibility index (Phi) is 7.52. The molecule has 136 valence electrons. The lowest BCUT2D eigenvalue weighted by molar-refractivity contribution is 0.353. The number of aliphatic imine (C=N–C) groups is 1. The van der Waals surface area contributed by atoms with Crippen molar-refractivity contribution >= 4 is 39.8 Å². The Morgan fingerprint density at radius 1 is 1.33 bits per heavy atom. The van der Waals surface area contributed by atoms with Gasteiger partial charge in [0.1, 0.15) is 0 Å². The van der Waals surface area contributed by atoms with E-state index in [2.05, 4.69) is 35.4 Å². The summed E-state index contributed by atoms with van der Waals surface area (Å²) >= 11 is 0. The summed E-state index contributed by atoms with van der Waals surface area (Å²) in [4.78, 5) is 6.36. The van der Waals surface area contributed by atoms with Crippen LogP contribution in [0, 0.1) is 6.92 Å². The van der Waals surface area contributed by atoms with Crippen LogP contribution in [0.1, 0.15) is 25.0 Å². The molecule has 1 aliphatic heterocycles. The molecule has 1 aromatic carbocycles. The lowest BCUT2D eigenvalue weighted by atomic mass is 10.1. The summed E-state index contributed by atoms with van der Waals surface area (Å²) in [5.41, 5.74) is 2.60. The second kappa shape index (κ2) is 8.51. The van der Waals surface area contributed by atoms with Crippen molar-refractivity contribution in [2.75, 3.05) is 32.4 Å². The second-order valence-corrected chi connectivity index (χ2v) is 9.39. The summed E-state index contributed by atoms with van der Waals surface area (Å²) < 4.78 is 23.5. The smallest absolute Gasteiger partial charge is 0.193 e. The lowest BCUT2D eigenvalue weighted by Crippen LogP contribution is -2.57. The molecule has 2 rings (SSSR count). The highest BCUT2D eigenvalue weighted by molar-refractivity contribution is 14.0. The molecular formula is C17H28IN3O2S. The topological polar surface area (TPSA) is 61.8 Å². The zero-order valence-corrected chi connectivity index (χ0v) is 18.0. The number of hydrogen-bond acceptors (Lipinski definition) is 3. The van der Waals surface area contributed by atoms with Gasteiger partial charge in [-0.2, -0.15) is 0 Å². The van der Waals surface area contributed by atoms with Crippen molar-refractivity contribution in [2.24, 2.45) is 4.99 Å². The van der Waals surface area contributed by atoms with Gasteiger partial charge in [-0.3, -0.25) is 4.99 Å². The van der Waals surface area contributed by atoms with E-state index in [0.717, 1.165) is 18.9 Å². The summed E-state index contributed by atoms with van der Waals surface area (Å²) in [6.45, 7) is 7.43. The monoisotopic (exact) mass is 465 g/mol. The fourth-order valence-corrected chi connectivity index (χ4v) is 4.22. The highest BCUT2D eigenvalue weighted by atomic mass is 127. The van der Waals surface area contributed by atoms with E-state index >= 15 is 0 Å². The maximum Gasteiger partial charge on any atom is 0.193 e. The molecule has 0 aromatic heterocycles. The molecule has 24 heavy (non-hydrogen) atoms. The van der Waals surface area contributed by atoms with E-state index in [1.54, 1.807) is 20.9 Å². The number of nitrogens with zero attached hydrogens (tertiary/aromatic N) is 2. The Labute approximate surface area is 162 Å². The fraction of sp³-hybridized carbons (Fsp3) is 0.588. The summed E-state index contributed by atoms with van der Waals surface area (Å²) in [7, 11) is -1.29. The number of hydrogen-bond donors (Lipinski definition) is 1. The molecule has 0 spiro atoms. The predicted octanol–water partition coefficient (Wildman–Crippen LogP) is 2.24. The van der Waals surface area contributed by atoms with Crippen molar-refractivity contribution in [3.05, 3.63) is 35.4 Å². The zero-order valence-electron chi connectivity index (χ0n) is 14.9. The van der Waals surface area contributed by atoms with Gasteiger partial charge in [-0.25, -0.2) is 8.42 Å². The van der Waals surface area contributed by atoms with Gasteiger partial charge >= 0.3 is 0 Å². The molecule has 1 aromatic rings. The molecule has 0 radical (unpaired) electrons. The van der Waals surface area contributed by atoms with Crippen LogP contribution in [0.5, 0.6) is 0 Å². The summed E-state index contributed by atoms with van der Waals surface area (Å²) in [5, 5.41) is 3.36. The van der Waals surface area contributed by atoms with Gasteiger partial charge in [0, 0.05) is 26.7 Å². The van der Waals surface area contributed by atoms with Gasteiger partial charge in [-0.1, -0.05) is 24.3 Å². The van der Waals surface area contributed by atoms with Crippen molar-refractivity contribution in [1.82, 2.24) is 10.2 Å². The summed E-state index contributed by atoms with van der Waals surface area (Å²) in [6.07, 6.45) is 0.918. The van der Waals surface area contributed by atoms with Gasteiger partial charge in [-0.15, -0.1) is 24.0 Å². The van der Waals surface area contributed by atoms with E-state index in [4.69, 9.17) is 0 Å². The molecule has 1 saturated heterocycles. The Balaban J connectivity index is 0.00000288. The third kappa shape index (κ3) is 4.84. The molecule has 0 unspecified atom stereocenters. The fourth-order valence-electron chi connectivity index (χ4n) is 2.86. The van der Waals surface area contributed by atoms with Crippen molar-refractivity contribution in [3.63, 3.8) is 0 Å². The van der Waals surface area contributed by atoms with E-state index < -0.39 is 14.6 Å². The van der Waals surface area contributed by atoms with Crippen LogP contribution < -0.4 is 5.32 Å². The number of nitrogens with one attached hydrogen (secondary N) is 1. The third-order valence-electron chi connectivity index (χ3n) is 4.49. The molecular weight excluding hydrogens is 437 g/mol. The molecule has 0 amide bonds. The van der Waals surface area contributed by atoms with Crippen LogP contribution in [-0.4, -0.2) is 56.5 Å². The lowest BCUT2D eigenvalue weighted by Gasteiger charge is -2.39. The molecule has 5 nitrogen and oxygen atoms in total. The van der Waals surface area contributed by atoms with Crippen LogP contribution in [0.25, 0.3) is 0 Å². The Morgan fingerprint density at radius 2 is 2.00 bits per heavy atom. The molecule has 0 aliphatic carbocycles. The highest BCUT2D eigenvalue weighted by Gasteiger charge is 2.40. The van der Waals surface area contributed by atoms with Crippen LogP contribution in [-0.2, 0) is 16.3 Å². The van der Waals surface area contributed by atoms with Gasteiger partial charge in [0.25, 0.3) is 0 Å². The minimum atomic E-state index is -3.03. The number of benzene rings is 1. The molecule has 1 heterocycles. The average molecular weight is 465 g/mol. The van der Waals surface area contributed by atoms with Crippen molar-refractivity contribution in [1.29, 1.82) is 0 Å². The quantitative estimate of drug-likeness (QED) is 0.423. The van der Waals surface area contributed by atoms with E-state index in [9.17, 15) is 8.42 Å². The van der Waals surface area contributed by atoms with E-state index in [1.165, 1.54) is 11.1 Å². The van der Waals surface area contributed by atoms with Gasteiger partial charge in [0.2, 0.25) is 0 Å². The molecule has 1 N–H and O–H groups in total. The Bertz CT molecular complexity index is 687. The summed E-state index contributed by atoms with van der Waals surface area (Å²) in [6, 6.07) is 8.34. The Morgan fingerprint density at radius 3 is 2.58 bits per heavy atom. The summed E-state index contributed by atoms with van der Waals surface area (Å²) in [5.74, 6) is 0.958.